The fourth-order valence-corrected chi connectivity index (χ4v) is 6.03. The number of carbonyl (C=O) groups is 1. The van der Waals surface area contributed by atoms with Crippen LogP contribution in [0.25, 0.3) is 6.08 Å². The number of ether oxygens (including phenoxy) is 2. The van der Waals surface area contributed by atoms with Crippen LogP contribution in [0.3, 0.4) is 0 Å². The molecule has 1 unspecified atom stereocenters. The Kier molecular flexibility index (Phi) is 4.26. The second kappa shape index (κ2) is 6.71. The van der Waals surface area contributed by atoms with E-state index in [1.165, 1.54) is 0 Å². The Hall–Kier alpha value is -2.64. The van der Waals surface area contributed by atoms with Crippen molar-refractivity contribution in [1.82, 2.24) is 4.90 Å². The van der Waals surface area contributed by atoms with Crippen molar-refractivity contribution in [3.8, 4) is 11.5 Å². The molecule has 1 atom stereocenters. The van der Waals surface area contributed by atoms with Crippen LogP contribution in [0, 0.1) is 6.92 Å². The smallest absolute Gasteiger partial charge is 0.231 e. The van der Waals surface area contributed by atoms with Gasteiger partial charge < -0.3 is 9.47 Å². The SMILES string of the molecule is Cc1c2c(cc3c1O/C(=C/c1ccccc1)C3=O)CN(C1CCS(=O)(=O)C1)CO2. The van der Waals surface area contributed by atoms with Crippen LogP contribution in [0.5, 0.6) is 11.5 Å². The predicted molar refractivity (Wildman–Crippen MR) is 109 cm³/mol. The number of carbonyl (C=O) groups excluding carboxylic acids is 1. The van der Waals surface area contributed by atoms with E-state index in [0.29, 0.717) is 36.8 Å². The van der Waals surface area contributed by atoms with Crippen molar-refractivity contribution < 1.29 is 22.7 Å². The molecule has 7 heteroatoms. The second-order valence-corrected chi connectivity index (χ2v) is 10.0. The summed E-state index contributed by atoms with van der Waals surface area (Å²) in [4.78, 5) is 15.0. The lowest BCUT2D eigenvalue weighted by Crippen LogP contribution is -2.41. The summed E-state index contributed by atoms with van der Waals surface area (Å²) in [7, 11) is -2.96. The lowest BCUT2D eigenvalue weighted by Gasteiger charge is -2.33. The molecule has 0 amide bonds. The maximum Gasteiger partial charge on any atom is 0.231 e. The molecule has 5 rings (SSSR count). The normalized spacial score (nSPS) is 24.1. The Labute approximate surface area is 169 Å². The molecule has 0 bridgehead atoms. The Morgan fingerprint density at radius 3 is 2.69 bits per heavy atom. The van der Waals surface area contributed by atoms with Gasteiger partial charge >= 0.3 is 0 Å². The first kappa shape index (κ1) is 18.4. The van der Waals surface area contributed by atoms with Gasteiger partial charge in [-0.3, -0.25) is 9.69 Å². The van der Waals surface area contributed by atoms with Crippen molar-refractivity contribution in [3.63, 3.8) is 0 Å². The van der Waals surface area contributed by atoms with Gasteiger partial charge in [-0.25, -0.2) is 8.42 Å². The van der Waals surface area contributed by atoms with Crippen molar-refractivity contribution in [3.05, 3.63) is 64.4 Å². The highest BCUT2D eigenvalue weighted by Gasteiger charge is 2.37. The van der Waals surface area contributed by atoms with Gasteiger partial charge in [-0.05, 0) is 31.1 Å². The van der Waals surface area contributed by atoms with E-state index in [1.54, 1.807) is 6.08 Å². The molecule has 0 saturated carbocycles. The number of ketones is 1. The molecule has 3 aliphatic rings. The molecule has 0 spiro atoms. The first-order chi connectivity index (χ1) is 13.9. The van der Waals surface area contributed by atoms with Crippen molar-refractivity contribution in [2.45, 2.75) is 25.9 Å². The number of hydrogen-bond donors (Lipinski definition) is 0. The van der Waals surface area contributed by atoms with E-state index in [1.807, 2.05) is 48.2 Å². The number of allylic oxidation sites excluding steroid dienone is 1. The molecule has 0 radical (unpaired) electrons. The maximum absolute atomic E-state index is 12.9. The zero-order valence-corrected chi connectivity index (χ0v) is 16.9. The fraction of sp³-hybridized carbons (Fsp3) is 0.318. The largest absolute Gasteiger partial charge is 0.477 e. The van der Waals surface area contributed by atoms with Crippen molar-refractivity contribution in [2.24, 2.45) is 0 Å². The summed E-state index contributed by atoms with van der Waals surface area (Å²) < 4.78 is 35.6. The molecule has 150 valence electrons. The Balaban J connectivity index is 1.45. The number of hydrogen-bond acceptors (Lipinski definition) is 6. The van der Waals surface area contributed by atoms with Gasteiger partial charge in [-0.15, -0.1) is 0 Å². The molecule has 6 nitrogen and oxygen atoms in total. The maximum atomic E-state index is 12.9. The second-order valence-electron chi connectivity index (χ2n) is 7.79. The third-order valence-corrected chi connectivity index (χ3v) is 7.54. The average Bonchev–Trinajstić information content (AvgIpc) is 3.23. The molecular weight excluding hydrogens is 390 g/mol. The third-order valence-electron chi connectivity index (χ3n) is 5.79. The van der Waals surface area contributed by atoms with E-state index in [9.17, 15) is 13.2 Å². The minimum absolute atomic E-state index is 0.0396. The first-order valence-electron chi connectivity index (χ1n) is 9.64. The number of sulfone groups is 1. The van der Waals surface area contributed by atoms with Gasteiger partial charge in [0.25, 0.3) is 0 Å². The highest BCUT2D eigenvalue weighted by Crippen LogP contribution is 2.43. The average molecular weight is 411 g/mol. The van der Waals surface area contributed by atoms with Crippen LogP contribution in [0.1, 0.15) is 33.5 Å². The Morgan fingerprint density at radius 1 is 1.17 bits per heavy atom. The van der Waals surface area contributed by atoms with Crippen LogP contribution >= 0.6 is 0 Å². The molecule has 2 aromatic carbocycles. The molecule has 2 aromatic rings. The quantitative estimate of drug-likeness (QED) is 0.708. The monoisotopic (exact) mass is 411 g/mol. The van der Waals surface area contributed by atoms with Crippen LogP contribution in [0.4, 0.5) is 0 Å². The van der Waals surface area contributed by atoms with Gasteiger partial charge in [0.15, 0.2) is 15.6 Å². The zero-order chi connectivity index (χ0) is 20.2. The van der Waals surface area contributed by atoms with E-state index in [0.717, 1.165) is 22.4 Å². The number of nitrogens with zero attached hydrogens (tertiary/aromatic N) is 1. The van der Waals surface area contributed by atoms with Crippen molar-refractivity contribution in [1.29, 1.82) is 0 Å². The summed E-state index contributed by atoms with van der Waals surface area (Å²) in [6.07, 6.45) is 2.37. The fourth-order valence-electron chi connectivity index (χ4n) is 4.26. The van der Waals surface area contributed by atoms with Gasteiger partial charge in [-0.2, -0.15) is 0 Å². The zero-order valence-electron chi connectivity index (χ0n) is 16.1. The van der Waals surface area contributed by atoms with Crippen LogP contribution in [0.2, 0.25) is 0 Å². The molecule has 1 fully saturated rings. The minimum Gasteiger partial charge on any atom is -0.477 e. The molecule has 0 aromatic heterocycles. The van der Waals surface area contributed by atoms with Gasteiger partial charge in [0.2, 0.25) is 5.78 Å². The highest BCUT2D eigenvalue weighted by atomic mass is 32.2. The summed E-state index contributed by atoms with van der Waals surface area (Å²) in [5.74, 6) is 1.83. The summed E-state index contributed by atoms with van der Waals surface area (Å²) in [6.45, 7) is 2.80. The molecule has 1 saturated heterocycles. The Bertz CT molecular complexity index is 1140. The summed E-state index contributed by atoms with van der Waals surface area (Å²) >= 11 is 0. The van der Waals surface area contributed by atoms with Crippen LogP contribution < -0.4 is 9.47 Å². The van der Waals surface area contributed by atoms with E-state index in [4.69, 9.17) is 9.47 Å². The van der Waals surface area contributed by atoms with E-state index >= 15 is 0 Å². The number of Topliss-reactive ketones (excluding diaryl/α,β-unsaturated/α-hetero) is 1. The topological polar surface area (TPSA) is 72.9 Å². The van der Waals surface area contributed by atoms with Gasteiger partial charge in [0.1, 0.15) is 18.2 Å². The van der Waals surface area contributed by atoms with E-state index in [-0.39, 0.29) is 23.3 Å². The molecular formula is C22H21NO5S. The number of rotatable bonds is 2. The van der Waals surface area contributed by atoms with Gasteiger partial charge in [-0.1, -0.05) is 30.3 Å². The van der Waals surface area contributed by atoms with Gasteiger partial charge in [0, 0.05) is 23.7 Å². The molecule has 3 aliphatic heterocycles. The molecule has 0 N–H and O–H groups in total. The predicted octanol–water partition coefficient (Wildman–Crippen LogP) is 2.95. The number of fused-ring (bicyclic) bond motifs is 2. The molecule has 3 heterocycles. The minimum atomic E-state index is -2.96. The van der Waals surface area contributed by atoms with Crippen molar-refractivity contribution >= 4 is 21.7 Å². The van der Waals surface area contributed by atoms with Crippen LogP contribution in [-0.4, -0.2) is 43.4 Å². The summed E-state index contributed by atoms with van der Waals surface area (Å²) in [5.41, 5.74) is 3.14. The lowest BCUT2D eigenvalue weighted by molar-refractivity contribution is 0.0637. The standard InChI is InChI=1S/C22H21NO5S/c1-14-21-16(11-23(13-27-21)17-7-8-29(25,26)12-17)10-18-20(24)19(28-22(14)18)9-15-5-3-2-4-6-15/h2-6,9-10,17H,7-8,11-13H2,1H3/b19-9+. The molecule has 29 heavy (non-hydrogen) atoms. The van der Waals surface area contributed by atoms with Crippen LogP contribution in [0.15, 0.2) is 42.2 Å². The Morgan fingerprint density at radius 2 is 1.97 bits per heavy atom. The van der Waals surface area contributed by atoms with Gasteiger partial charge in [0.05, 0.1) is 17.1 Å². The molecule has 0 aliphatic carbocycles. The number of benzene rings is 2. The van der Waals surface area contributed by atoms with Crippen LogP contribution in [-0.2, 0) is 16.4 Å². The highest BCUT2D eigenvalue weighted by molar-refractivity contribution is 7.91. The van der Waals surface area contributed by atoms with Crippen molar-refractivity contribution in [2.75, 3.05) is 18.2 Å². The lowest BCUT2D eigenvalue weighted by atomic mass is 9.99. The third kappa shape index (κ3) is 3.24. The first-order valence-corrected chi connectivity index (χ1v) is 11.5. The summed E-state index contributed by atoms with van der Waals surface area (Å²) in [6, 6.07) is 11.4. The summed E-state index contributed by atoms with van der Waals surface area (Å²) in [5, 5.41) is 0. The van der Waals surface area contributed by atoms with E-state index in [2.05, 4.69) is 0 Å². The van der Waals surface area contributed by atoms with E-state index < -0.39 is 9.84 Å².